The molecule has 5 nitrogen and oxygen atoms in total. The van der Waals surface area contributed by atoms with Gasteiger partial charge in [-0.15, -0.1) is 11.6 Å². The number of halogens is 4. The lowest BCUT2D eigenvalue weighted by Crippen LogP contribution is -2.37. The van der Waals surface area contributed by atoms with Crippen LogP contribution in [0.25, 0.3) is 5.70 Å². The van der Waals surface area contributed by atoms with E-state index in [0.717, 1.165) is 12.1 Å². The van der Waals surface area contributed by atoms with Crippen molar-refractivity contribution in [2.24, 2.45) is 0 Å². The number of nitriles is 1. The second kappa shape index (κ2) is 6.26. The number of amides is 1. The van der Waals surface area contributed by atoms with Gasteiger partial charge in [0.05, 0.1) is 17.5 Å². The number of hydrogen-bond acceptors (Lipinski definition) is 3. The van der Waals surface area contributed by atoms with E-state index in [9.17, 15) is 23.2 Å². The molecule has 0 saturated heterocycles. The highest BCUT2D eigenvalue weighted by Gasteiger charge is 2.32. The van der Waals surface area contributed by atoms with E-state index in [4.69, 9.17) is 11.6 Å². The van der Waals surface area contributed by atoms with E-state index in [-0.39, 0.29) is 29.4 Å². The highest BCUT2D eigenvalue weighted by atomic mass is 35.5. The van der Waals surface area contributed by atoms with Crippen LogP contribution >= 0.6 is 11.6 Å². The third-order valence-electron chi connectivity index (χ3n) is 3.72. The second-order valence-corrected chi connectivity index (χ2v) is 5.48. The van der Waals surface area contributed by atoms with E-state index in [1.807, 2.05) is 6.07 Å². The van der Waals surface area contributed by atoms with Crippen LogP contribution in [-0.2, 0) is 11.0 Å². The number of hydrogen-bond donors (Lipinski definition) is 0. The maximum absolute atomic E-state index is 13.0. The molecule has 0 radical (unpaired) electrons. The van der Waals surface area contributed by atoms with Gasteiger partial charge >= 0.3 is 6.18 Å². The molecule has 0 atom stereocenters. The molecule has 1 aliphatic rings. The topological polar surface area (TPSA) is 61.9 Å². The zero-order valence-electron chi connectivity index (χ0n) is 12.6. The number of fused-ring (bicyclic) bond motifs is 1. The fraction of sp³-hybridized carbons (Fsp3) is 0.188. The van der Waals surface area contributed by atoms with Crippen LogP contribution in [0, 0.1) is 11.3 Å². The number of anilines is 1. The molecule has 3 rings (SSSR count). The van der Waals surface area contributed by atoms with E-state index >= 15 is 0 Å². The van der Waals surface area contributed by atoms with Crippen LogP contribution < -0.4 is 4.90 Å². The summed E-state index contributed by atoms with van der Waals surface area (Å²) in [6, 6.07) is 6.71. The highest BCUT2D eigenvalue weighted by Crippen LogP contribution is 2.34. The zero-order valence-corrected chi connectivity index (χ0v) is 13.3. The Morgan fingerprint density at radius 2 is 2.16 bits per heavy atom. The molecular weight excluding hydrogens is 357 g/mol. The van der Waals surface area contributed by atoms with E-state index in [0.29, 0.717) is 5.70 Å². The number of nitrogens with zero attached hydrogens (tertiary/aromatic N) is 4. The molecule has 1 amide bonds. The minimum atomic E-state index is -4.48. The Morgan fingerprint density at radius 3 is 2.80 bits per heavy atom. The number of carbonyl (C=O) groups excluding carboxylic acids is 1. The lowest BCUT2D eigenvalue weighted by molar-refractivity contribution is -0.137. The minimum absolute atomic E-state index is 0.0809. The summed E-state index contributed by atoms with van der Waals surface area (Å²) in [5.74, 6) is -0.523. The Morgan fingerprint density at radius 1 is 1.40 bits per heavy atom. The first-order valence-corrected chi connectivity index (χ1v) is 7.63. The van der Waals surface area contributed by atoms with Crippen LogP contribution in [0.2, 0.25) is 0 Å². The normalized spacial score (nSPS) is 13.9. The summed E-state index contributed by atoms with van der Waals surface area (Å²) in [7, 11) is 0. The molecule has 0 bridgehead atoms. The van der Waals surface area contributed by atoms with Crippen molar-refractivity contribution in [3.05, 3.63) is 53.2 Å². The van der Waals surface area contributed by atoms with Crippen molar-refractivity contribution in [1.82, 2.24) is 9.78 Å². The van der Waals surface area contributed by atoms with Gasteiger partial charge in [-0.3, -0.25) is 9.69 Å². The quantitative estimate of drug-likeness (QED) is 0.766. The SMILES string of the molecule is N#Cc1cnn2c1N(C(=O)CCl)CC=C2c1cccc(C(F)(F)F)c1. The van der Waals surface area contributed by atoms with Crippen LogP contribution in [0.1, 0.15) is 16.7 Å². The van der Waals surface area contributed by atoms with Crippen molar-refractivity contribution in [3.8, 4) is 6.07 Å². The summed E-state index contributed by atoms with van der Waals surface area (Å²) < 4.78 is 40.1. The molecule has 0 aliphatic carbocycles. The van der Waals surface area contributed by atoms with Crippen molar-refractivity contribution >= 4 is 29.0 Å². The largest absolute Gasteiger partial charge is 0.416 e. The number of rotatable bonds is 2. The summed E-state index contributed by atoms with van der Waals surface area (Å²) in [6.45, 7) is 0.0809. The predicted molar refractivity (Wildman–Crippen MR) is 84.8 cm³/mol. The number of alkyl halides is 4. The van der Waals surface area contributed by atoms with Crippen molar-refractivity contribution in [2.75, 3.05) is 17.3 Å². The summed E-state index contributed by atoms with van der Waals surface area (Å²) >= 11 is 5.59. The molecule has 0 unspecified atom stereocenters. The van der Waals surface area contributed by atoms with Gasteiger partial charge in [-0.25, -0.2) is 4.68 Å². The Kier molecular flexibility index (Phi) is 4.27. The first kappa shape index (κ1) is 17.0. The third-order valence-corrected chi connectivity index (χ3v) is 3.95. The van der Waals surface area contributed by atoms with E-state index in [1.165, 1.54) is 27.9 Å². The van der Waals surface area contributed by atoms with Crippen molar-refractivity contribution in [3.63, 3.8) is 0 Å². The lowest BCUT2D eigenvalue weighted by Gasteiger charge is -2.27. The monoisotopic (exact) mass is 366 g/mol. The average Bonchev–Trinajstić information content (AvgIpc) is 3.03. The lowest BCUT2D eigenvalue weighted by atomic mass is 10.1. The first-order chi connectivity index (χ1) is 11.9. The molecule has 2 aromatic rings. The van der Waals surface area contributed by atoms with Crippen LogP contribution in [0.4, 0.5) is 19.0 Å². The molecule has 1 aromatic heterocycles. The molecule has 128 valence electrons. The van der Waals surface area contributed by atoms with Gasteiger partial charge in [0, 0.05) is 12.1 Å². The van der Waals surface area contributed by atoms with Gasteiger partial charge in [0.2, 0.25) is 5.91 Å². The van der Waals surface area contributed by atoms with Gasteiger partial charge in [0.1, 0.15) is 17.5 Å². The Balaban J connectivity index is 2.12. The second-order valence-electron chi connectivity index (χ2n) is 5.21. The standard InChI is InChI=1S/C16H10ClF3N4O/c17-7-14(25)23-5-4-13(24-15(23)11(8-21)9-22-24)10-2-1-3-12(6-10)16(18,19)20/h1-4,6,9H,5,7H2. The van der Waals surface area contributed by atoms with Gasteiger partial charge in [0.15, 0.2) is 5.82 Å². The van der Waals surface area contributed by atoms with Crippen molar-refractivity contribution < 1.29 is 18.0 Å². The Hall–Kier alpha value is -2.79. The predicted octanol–water partition coefficient (Wildman–Crippen LogP) is 3.25. The van der Waals surface area contributed by atoms with Gasteiger partial charge in [-0.05, 0) is 18.2 Å². The molecule has 2 heterocycles. The van der Waals surface area contributed by atoms with Crippen LogP contribution in [0.3, 0.4) is 0 Å². The number of aromatic nitrogens is 2. The van der Waals surface area contributed by atoms with Gasteiger partial charge < -0.3 is 0 Å². The van der Waals surface area contributed by atoms with Crippen LogP contribution in [0.5, 0.6) is 0 Å². The molecule has 0 fully saturated rings. The minimum Gasteiger partial charge on any atom is -0.291 e. The Bertz CT molecular complexity index is 911. The zero-order chi connectivity index (χ0) is 18.2. The molecule has 0 N–H and O–H groups in total. The molecule has 25 heavy (non-hydrogen) atoms. The van der Waals surface area contributed by atoms with E-state index in [1.54, 1.807) is 6.08 Å². The maximum Gasteiger partial charge on any atom is 0.416 e. The van der Waals surface area contributed by atoms with Gasteiger partial charge in [0.25, 0.3) is 0 Å². The van der Waals surface area contributed by atoms with Gasteiger partial charge in [-0.1, -0.05) is 12.1 Å². The third kappa shape index (κ3) is 2.98. The molecule has 0 saturated carbocycles. The Labute approximate surface area is 145 Å². The fourth-order valence-electron chi connectivity index (χ4n) is 2.59. The summed E-state index contributed by atoms with van der Waals surface area (Å²) in [5, 5.41) is 13.3. The fourth-order valence-corrected chi connectivity index (χ4v) is 2.74. The van der Waals surface area contributed by atoms with Crippen LogP contribution in [-0.4, -0.2) is 28.1 Å². The highest BCUT2D eigenvalue weighted by molar-refractivity contribution is 6.29. The summed E-state index contributed by atoms with van der Waals surface area (Å²) in [5.41, 5.74) is -0.0155. The van der Waals surface area contributed by atoms with Crippen LogP contribution in [0.15, 0.2) is 36.5 Å². The molecule has 1 aliphatic heterocycles. The molecular formula is C16H10ClF3N4O. The first-order valence-electron chi connectivity index (χ1n) is 7.09. The van der Waals surface area contributed by atoms with Crippen molar-refractivity contribution in [1.29, 1.82) is 5.26 Å². The molecule has 1 aromatic carbocycles. The molecule has 0 spiro atoms. The number of carbonyl (C=O) groups is 1. The van der Waals surface area contributed by atoms with E-state index < -0.39 is 17.6 Å². The molecule has 9 heteroatoms. The summed E-state index contributed by atoms with van der Waals surface area (Å²) in [4.78, 5) is 13.3. The smallest absolute Gasteiger partial charge is 0.291 e. The van der Waals surface area contributed by atoms with E-state index in [2.05, 4.69) is 5.10 Å². The van der Waals surface area contributed by atoms with Gasteiger partial charge in [-0.2, -0.15) is 23.5 Å². The maximum atomic E-state index is 13.0. The number of benzene rings is 1. The van der Waals surface area contributed by atoms with Crippen molar-refractivity contribution in [2.45, 2.75) is 6.18 Å². The summed E-state index contributed by atoms with van der Waals surface area (Å²) in [6.07, 6.45) is -1.64. The average molecular weight is 367 g/mol.